The van der Waals surface area contributed by atoms with E-state index >= 15 is 0 Å². The van der Waals surface area contributed by atoms with Gasteiger partial charge in [-0.2, -0.15) is 0 Å². The predicted octanol–water partition coefficient (Wildman–Crippen LogP) is 4.93. The van der Waals surface area contributed by atoms with Crippen LogP contribution < -0.4 is 9.80 Å². The summed E-state index contributed by atoms with van der Waals surface area (Å²) in [5.74, 6) is 0. The molecular weight excluding hydrogens is 438 g/mol. The minimum atomic E-state index is 0. The molecule has 2 aromatic rings. The number of rotatable bonds is 4. The van der Waals surface area contributed by atoms with E-state index in [-0.39, 0.29) is 19.5 Å². The molecule has 0 fully saturated rings. The Morgan fingerprint density at radius 3 is 1.20 bits per heavy atom. The number of thiocarbonyl (C=S) groups is 2. The number of benzene rings is 2. The zero-order valence-corrected chi connectivity index (χ0v) is 19.8. The molecule has 0 saturated carbocycles. The van der Waals surface area contributed by atoms with E-state index in [1.54, 1.807) is 22.2 Å². The standard InChI is InChI=1S/2C9H9NS2.Zn/c2*1-2-10(9(11)12)8-6-4-3-5-7-8;/h2*2-7H,1H2,(H,11,12);/q;;+2/p-2. The van der Waals surface area contributed by atoms with Gasteiger partial charge in [0, 0.05) is 23.8 Å². The maximum atomic E-state index is 4.87. The summed E-state index contributed by atoms with van der Waals surface area (Å²) in [5.41, 5.74) is 1.90. The van der Waals surface area contributed by atoms with Gasteiger partial charge in [-0.25, -0.2) is 0 Å². The Balaban J connectivity index is 0.000000443. The van der Waals surface area contributed by atoms with Crippen LogP contribution in [-0.4, -0.2) is 8.64 Å². The van der Waals surface area contributed by atoms with Gasteiger partial charge in [-0.05, 0) is 24.3 Å². The zero-order chi connectivity index (χ0) is 17.9. The molecule has 0 heterocycles. The third kappa shape index (κ3) is 8.12. The van der Waals surface area contributed by atoms with Gasteiger partial charge in [0.05, 0.1) is 0 Å². The van der Waals surface area contributed by atoms with Gasteiger partial charge in [0.15, 0.2) is 0 Å². The molecule has 0 N–H and O–H groups in total. The summed E-state index contributed by atoms with van der Waals surface area (Å²) in [6.45, 7) is 7.26. The second kappa shape index (κ2) is 13.0. The molecule has 7 heteroatoms. The van der Waals surface area contributed by atoms with Crippen LogP contribution in [-0.2, 0) is 44.7 Å². The van der Waals surface area contributed by atoms with E-state index < -0.39 is 0 Å². The maximum absolute atomic E-state index is 4.87. The van der Waals surface area contributed by atoms with Crippen LogP contribution in [0.1, 0.15) is 0 Å². The molecule has 0 atom stereocenters. The van der Waals surface area contributed by atoms with Crippen molar-refractivity contribution in [2.75, 3.05) is 9.80 Å². The summed E-state index contributed by atoms with van der Waals surface area (Å²) >= 11 is 19.5. The molecule has 0 bridgehead atoms. The molecule has 0 spiro atoms. The average Bonchev–Trinajstić information content (AvgIpc) is 2.58. The first-order valence-corrected chi connectivity index (χ1v) is 8.50. The number of anilines is 2. The normalized spacial score (nSPS) is 8.64. The van der Waals surface area contributed by atoms with Crippen LogP contribution in [0.3, 0.4) is 0 Å². The van der Waals surface area contributed by atoms with E-state index in [1.165, 1.54) is 0 Å². The molecule has 2 aromatic carbocycles. The predicted molar refractivity (Wildman–Crippen MR) is 118 cm³/mol. The molecule has 2 rings (SSSR count). The number of para-hydroxylation sites is 2. The van der Waals surface area contributed by atoms with Crippen LogP contribution in [0, 0.1) is 0 Å². The molecule has 0 amide bonds. The van der Waals surface area contributed by atoms with Crippen molar-refractivity contribution in [3.8, 4) is 0 Å². The summed E-state index contributed by atoms with van der Waals surface area (Å²) in [5, 5.41) is 0. The molecule has 0 aliphatic heterocycles. The molecule has 0 aromatic heterocycles. The molecule has 0 aliphatic rings. The smallest absolute Gasteiger partial charge is 0.411 e. The third-order valence-electron chi connectivity index (χ3n) is 2.83. The van der Waals surface area contributed by atoms with Crippen LogP contribution in [0.25, 0.3) is 0 Å². The number of hydrogen-bond donors (Lipinski definition) is 0. The molecule has 0 aliphatic carbocycles. The first kappa shape index (κ1) is 23.8. The Bertz CT molecular complexity index is 631. The first-order chi connectivity index (χ1) is 11.5. The van der Waals surface area contributed by atoms with Gasteiger partial charge < -0.3 is 59.5 Å². The maximum Gasteiger partial charge on any atom is 2.00 e. The molecule has 0 radical (unpaired) electrons. The Labute approximate surface area is 184 Å². The van der Waals surface area contributed by atoms with Crippen LogP contribution in [0.15, 0.2) is 86.2 Å². The van der Waals surface area contributed by atoms with Crippen molar-refractivity contribution >= 4 is 69.7 Å². The Hall–Kier alpha value is -1.24. The van der Waals surface area contributed by atoms with Crippen molar-refractivity contribution in [2.24, 2.45) is 0 Å². The van der Waals surface area contributed by atoms with Crippen LogP contribution >= 0.6 is 24.4 Å². The Morgan fingerprint density at radius 1 is 0.720 bits per heavy atom. The van der Waals surface area contributed by atoms with Gasteiger partial charge in [0.25, 0.3) is 0 Å². The topological polar surface area (TPSA) is 6.48 Å². The van der Waals surface area contributed by atoms with Crippen molar-refractivity contribution < 1.29 is 19.5 Å². The monoisotopic (exact) mass is 452 g/mol. The van der Waals surface area contributed by atoms with E-state index in [0.717, 1.165) is 11.4 Å². The van der Waals surface area contributed by atoms with E-state index in [4.69, 9.17) is 49.7 Å². The fourth-order valence-electron chi connectivity index (χ4n) is 1.75. The van der Waals surface area contributed by atoms with Gasteiger partial charge in [0.1, 0.15) is 0 Å². The van der Waals surface area contributed by atoms with Crippen LogP contribution in [0.2, 0.25) is 0 Å². The summed E-state index contributed by atoms with van der Waals surface area (Å²) < 4.78 is 0.771. The largest absolute Gasteiger partial charge is 2.00 e. The first-order valence-electron chi connectivity index (χ1n) is 6.87. The summed E-state index contributed by atoms with van der Waals surface area (Å²) in [4.78, 5) is 3.37. The zero-order valence-electron chi connectivity index (χ0n) is 13.6. The van der Waals surface area contributed by atoms with E-state index in [9.17, 15) is 0 Å². The van der Waals surface area contributed by atoms with Gasteiger partial charge in [-0.1, -0.05) is 58.2 Å². The van der Waals surface area contributed by atoms with Crippen molar-refractivity contribution in [3.05, 3.63) is 86.2 Å². The SMILES string of the molecule is C=CN(C(=S)[S-])c1ccccc1.C=CN(C(=S)[S-])c1ccccc1.[Zn+2]. The van der Waals surface area contributed by atoms with Crippen LogP contribution in [0.4, 0.5) is 11.4 Å². The molecule has 2 nitrogen and oxygen atoms in total. The summed E-state index contributed by atoms with van der Waals surface area (Å²) in [6.07, 6.45) is 3.23. The van der Waals surface area contributed by atoms with Gasteiger partial charge in [-0.15, -0.1) is 0 Å². The second-order valence-corrected chi connectivity index (χ2v) is 6.37. The van der Waals surface area contributed by atoms with Crippen molar-refractivity contribution in [2.45, 2.75) is 0 Å². The Morgan fingerprint density at radius 2 is 1.00 bits per heavy atom. The number of nitrogens with zero attached hydrogens (tertiary/aromatic N) is 2. The second-order valence-electron chi connectivity index (χ2n) is 4.31. The minimum absolute atomic E-state index is 0. The molecule has 25 heavy (non-hydrogen) atoms. The van der Waals surface area contributed by atoms with E-state index in [1.807, 2.05) is 60.7 Å². The number of hydrogen-bond acceptors (Lipinski definition) is 4. The van der Waals surface area contributed by atoms with Crippen molar-refractivity contribution in [3.63, 3.8) is 0 Å². The third-order valence-corrected chi connectivity index (χ3v) is 3.61. The molecule has 124 valence electrons. The van der Waals surface area contributed by atoms with E-state index in [0.29, 0.717) is 8.64 Å². The summed E-state index contributed by atoms with van der Waals surface area (Å²) in [6, 6.07) is 19.3. The molecular formula is C18H16N2S4Zn. The molecule has 0 unspecified atom stereocenters. The fraction of sp³-hybridized carbons (Fsp3) is 0. The average molecular weight is 454 g/mol. The quantitative estimate of drug-likeness (QED) is 0.365. The van der Waals surface area contributed by atoms with Crippen molar-refractivity contribution in [1.29, 1.82) is 0 Å². The molecule has 0 saturated heterocycles. The Kier molecular flexibility index (Phi) is 12.4. The van der Waals surface area contributed by atoms with Crippen molar-refractivity contribution in [1.82, 2.24) is 0 Å². The van der Waals surface area contributed by atoms with Gasteiger partial charge in [-0.3, -0.25) is 0 Å². The van der Waals surface area contributed by atoms with Crippen LogP contribution in [0.5, 0.6) is 0 Å². The minimum Gasteiger partial charge on any atom is -0.411 e. The summed E-state index contributed by atoms with van der Waals surface area (Å²) in [7, 11) is 0. The van der Waals surface area contributed by atoms with E-state index in [2.05, 4.69) is 13.2 Å². The van der Waals surface area contributed by atoms with Gasteiger partial charge in [0.2, 0.25) is 0 Å². The van der Waals surface area contributed by atoms with Gasteiger partial charge >= 0.3 is 19.5 Å². The fourth-order valence-corrected chi connectivity index (χ4v) is 2.47.